The van der Waals surface area contributed by atoms with Crippen molar-refractivity contribution in [1.29, 1.82) is 5.26 Å². The Bertz CT molecular complexity index is 941. The molecule has 1 aliphatic carbocycles. The second-order valence-electron chi connectivity index (χ2n) is 7.09. The van der Waals surface area contributed by atoms with Gasteiger partial charge in [-0.1, -0.05) is 60.7 Å². The molecule has 4 rings (SSSR count). The first-order chi connectivity index (χ1) is 13.2. The van der Waals surface area contributed by atoms with Crippen molar-refractivity contribution in [3.8, 4) is 6.19 Å². The summed E-state index contributed by atoms with van der Waals surface area (Å²) in [5, 5.41) is 9.58. The predicted molar refractivity (Wildman–Crippen MR) is 101 cm³/mol. The summed E-state index contributed by atoms with van der Waals surface area (Å²) in [6, 6.07) is 18.9. The summed E-state index contributed by atoms with van der Waals surface area (Å²) in [5.41, 5.74) is 3.60. The highest BCUT2D eigenvalue weighted by molar-refractivity contribution is 5.96. The Morgan fingerprint density at radius 1 is 1.07 bits per heavy atom. The van der Waals surface area contributed by atoms with Crippen molar-refractivity contribution in [2.24, 2.45) is 5.92 Å². The van der Waals surface area contributed by atoms with E-state index in [1.54, 1.807) is 0 Å². The smallest absolute Gasteiger partial charge is 0.248 e. The summed E-state index contributed by atoms with van der Waals surface area (Å²) in [6.07, 6.45) is 4.78. The Morgan fingerprint density at radius 2 is 1.74 bits per heavy atom. The lowest BCUT2D eigenvalue weighted by Gasteiger charge is -2.13. The van der Waals surface area contributed by atoms with Gasteiger partial charge in [0.15, 0.2) is 12.0 Å². The van der Waals surface area contributed by atoms with Crippen LogP contribution >= 0.6 is 0 Å². The van der Waals surface area contributed by atoms with E-state index in [4.69, 9.17) is 0 Å². The third kappa shape index (κ3) is 3.06. The second-order valence-corrected chi connectivity index (χ2v) is 7.09. The lowest BCUT2D eigenvalue weighted by molar-refractivity contribution is -0.126. The number of ketones is 1. The number of carbonyl (C=O) groups is 2. The van der Waals surface area contributed by atoms with Gasteiger partial charge >= 0.3 is 0 Å². The molecule has 0 spiro atoms. The van der Waals surface area contributed by atoms with Crippen LogP contribution in [0.4, 0.5) is 0 Å². The van der Waals surface area contributed by atoms with Crippen molar-refractivity contribution in [2.75, 3.05) is 0 Å². The third-order valence-corrected chi connectivity index (χ3v) is 5.61. The van der Waals surface area contributed by atoms with Crippen LogP contribution in [0.25, 0.3) is 0 Å². The molecule has 1 fully saturated rings. The van der Waals surface area contributed by atoms with E-state index in [0.717, 1.165) is 29.7 Å². The normalized spacial score (nSPS) is 21.3. The minimum Gasteiger partial charge on any atom is -0.294 e. The van der Waals surface area contributed by atoms with Gasteiger partial charge in [0.25, 0.3) is 0 Å². The van der Waals surface area contributed by atoms with Crippen LogP contribution in [0.2, 0.25) is 0 Å². The van der Waals surface area contributed by atoms with Gasteiger partial charge < -0.3 is 0 Å². The minimum atomic E-state index is -0.289. The van der Waals surface area contributed by atoms with E-state index in [1.165, 1.54) is 4.90 Å². The highest BCUT2D eigenvalue weighted by atomic mass is 16.2. The minimum absolute atomic E-state index is 0.0429. The average Bonchev–Trinajstić information content (AvgIpc) is 3.24. The highest BCUT2D eigenvalue weighted by Crippen LogP contribution is 2.50. The molecule has 1 saturated heterocycles. The topological polar surface area (TPSA) is 61.2 Å². The number of carbonyl (C=O) groups excluding carboxylic acids is 2. The summed E-state index contributed by atoms with van der Waals surface area (Å²) < 4.78 is 0. The monoisotopic (exact) mass is 356 g/mol. The van der Waals surface area contributed by atoms with Crippen molar-refractivity contribution >= 4 is 11.7 Å². The number of fused-ring (bicyclic) bond motifs is 1. The van der Waals surface area contributed by atoms with E-state index in [-0.39, 0.29) is 23.5 Å². The Morgan fingerprint density at radius 3 is 2.41 bits per heavy atom. The van der Waals surface area contributed by atoms with Crippen LogP contribution in [0.15, 0.2) is 71.9 Å². The number of benzene rings is 2. The molecule has 2 aromatic rings. The summed E-state index contributed by atoms with van der Waals surface area (Å²) in [7, 11) is 0. The summed E-state index contributed by atoms with van der Waals surface area (Å²) in [5.74, 6) is -0.292. The van der Waals surface area contributed by atoms with E-state index < -0.39 is 0 Å². The molecule has 1 amide bonds. The maximum atomic E-state index is 12.9. The average molecular weight is 356 g/mol. The van der Waals surface area contributed by atoms with E-state index in [2.05, 4.69) is 6.19 Å². The highest BCUT2D eigenvalue weighted by Gasteiger charge is 2.49. The first-order valence-corrected chi connectivity index (χ1v) is 9.29. The van der Waals surface area contributed by atoms with Gasteiger partial charge in [-0.15, -0.1) is 0 Å². The Hall–Kier alpha value is -3.19. The van der Waals surface area contributed by atoms with Gasteiger partial charge in [0, 0.05) is 23.6 Å². The molecule has 2 aliphatic rings. The van der Waals surface area contributed by atoms with Crippen molar-refractivity contribution in [3.63, 3.8) is 0 Å². The number of allylic oxidation sites excluding steroid dienone is 2. The first kappa shape index (κ1) is 17.2. The quantitative estimate of drug-likeness (QED) is 0.588. The first-order valence-electron chi connectivity index (χ1n) is 9.29. The third-order valence-electron chi connectivity index (χ3n) is 5.61. The van der Waals surface area contributed by atoms with Crippen LogP contribution in [0, 0.1) is 17.4 Å². The van der Waals surface area contributed by atoms with Gasteiger partial charge in [0.1, 0.15) is 0 Å². The molecule has 0 radical (unpaired) electrons. The summed E-state index contributed by atoms with van der Waals surface area (Å²) in [4.78, 5) is 26.6. The fourth-order valence-electron chi connectivity index (χ4n) is 4.36. The van der Waals surface area contributed by atoms with Crippen molar-refractivity contribution in [3.05, 3.63) is 83.1 Å². The molecule has 0 saturated carbocycles. The van der Waals surface area contributed by atoms with Gasteiger partial charge in [0.05, 0.1) is 5.92 Å². The van der Waals surface area contributed by atoms with E-state index in [0.29, 0.717) is 18.4 Å². The Balaban J connectivity index is 1.58. The molecule has 2 atom stereocenters. The standard InChI is InChI=1S/C23H20N2O2/c24-15-25-22-18(12-14-20(26)16-7-3-1-4-8-16)11-13-19(22)21(23(25)27)17-9-5-2-6-10-17/h1-10,19,21H,11-14H2. The molecule has 4 nitrogen and oxygen atoms in total. The number of amides is 1. The molecule has 0 aromatic heterocycles. The van der Waals surface area contributed by atoms with Crippen LogP contribution < -0.4 is 0 Å². The molecule has 134 valence electrons. The molecule has 2 aromatic carbocycles. The predicted octanol–water partition coefficient (Wildman–Crippen LogP) is 4.42. The van der Waals surface area contributed by atoms with Crippen LogP contribution in [0.1, 0.15) is 47.5 Å². The van der Waals surface area contributed by atoms with Gasteiger partial charge in [-0.3, -0.25) is 9.59 Å². The number of hydrogen-bond acceptors (Lipinski definition) is 3. The largest absolute Gasteiger partial charge is 0.294 e. The van der Waals surface area contributed by atoms with Crippen molar-refractivity contribution < 1.29 is 9.59 Å². The SMILES string of the molecule is N#CN1C(=O)C(c2ccccc2)C2CCC(CCC(=O)c3ccccc3)=C21. The van der Waals surface area contributed by atoms with Gasteiger partial charge in [0.2, 0.25) is 5.91 Å². The zero-order valence-electron chi connectivity index (χ0n) is 15.0. The lowest BCUT2D eigenvalue weighted by Crippen LogP contribution is -2.21. The molecule has 1 aliphatic heterocycles. The molecule has 2 unspecified atom stereocenters. The number of nitriles is 1. The lowest BCUT2D eigenvalue weighted by atomic mass is 9.87. The van der Waals surface area contributed by atoms with Crippen LogP contribution in [-0.4, -0.2) is 16.6 Å². The molecular weight excluding hydrogens is 336 g/mol. The number of Topliss-reactive ketones (excluding diaryl/α,β-unsaturated/α-hetero) is 1. The maximum Gasteiger partial charge on any atom is 0.248 e. The van der Waals surface area contributed by atoms with Gasteiger partial charge in [-0.05, 0) is 30.4 Å². The van der Waals surface area contributed by atoms with Gasteiger partial charge in [-0.2, -0.15) is 5.26 Å². The number of hydrogen-bond donors (Lipinski definition) is 0. The van der Waals surface area contributed by atoms with Crippen molar-refractivity contribution in [2.45, 2.75) is 31.6 Å². The van der Waals surface area contributed by atoms with E-state index in [9.17, 15) is 14.9 Å². The molecule has 0 N–H and O–H groups in total. The zero-order chi connectivity index (χ0) is 18.8. The fraction of sp³-hybridized carbons (Fsp3) is 0.261. The van der Waals surface area contributed by atoms with Crippen LogP contribution in [-0.2, 0) is 4.79 Å². The molecule has 4 heteroatoms. The Kier molecular flexibility index (Phi) is 4.60. The summed E-state index contributed by atoms with van der Waals surface area (Å²) in [6.45, 7) is 0. The van der Waals surface area contributed by atoms with Gasteiger partial charge in [-0.25, -0.2) is 4.90 Å². The molecule has 0 bridgehead atoms. The zero-order valence-corrected chi connectivity index (χ0v) is 15.0. The fourth-order valence-corrected chi connectivity index (χ4v) is 4.36. The Labute approximate surface area is 158 Å². The van der Waals surface area contributed by atoms with E-state index in [1.807, 2.05) is 60.7 Å². The number of rotatable bonds is 5. The second kappa shape index (κ2) is 7.20. The maximum absolute atomic E-state index is 12.9. The number of likely N-dealkylation sites (tertiary alicyclic amines) is 1. The van der Waals surface area contributed by atoms with Crippen LogP contribution in [0.5, 0.6) is 0 Å². The molecule has 27 heavy (non-hydrogen) atoms. The molecule has 1 heterocycles. The van der Waals surface area contributed by atoms with Crippen molar-refractivity contribution in [1.82, 2.24) is 4.90 Å². The van der Waals surface area contributed by atoms with Crippen LogP contribution in [0.3, 0.4) is 0 Å². The number of nitrogens with zero attached hydrogens (tertiary/aromatic N) is 2. The van der Waals surface area contributed by atoms with E-state index >= 15 is 0 Å². The summed E-state index contributed by atoms with van der Waals surface area (Å²) >= 11 is 0. The molecular formula is C23H20N2O2.